The molecule has 0 saturated carbocycles. The summed E-state index contributed by atoms with van der Waals surface area (Å²) in [5, 5.41) is 9.26. The molecular weight excluding hydrogens is 306 g/mol. The van der Waals surface area contributed by atoms with E-state index in [2.05, 4.69) is 57.4 Å². The standard InChI is InChI=1S/C10H13NO.C7H12.C4H8.C2H2/c1-11-5-4-8-2-3-10(12)6-9(8)7-11;1-4-6-7(3)5-2;1-3-4-2;1-2/h2-3,6,12H,4-5,7H2,1H3;4-6H,1-3H3;3H,1,4H2,2H3;1-2H/b;6-4-,7-5-;;. The number of rotatable bonds is 2. The summed E-state index contributed by atoms with van der Waals surface area (Å²) >= 11 is 0. The third-order valence-corrected chi connectivity index (χ3v) is 3.57. The molecule has 0 unspecified atom stereocenters. The zero-order valence-electron chi connectivity index (χ0n) is 16.6. The summed E-state index contributed by atoms with van der Waals surface area (Å²) in [6, 6.07) is 5.66. The minimum Gasteiger partial charge on any atom is -0.508 e. The highest BCUT2D eigenvalue weighted by atomic mass is 16.3. The molecule has 0 aliphatic carbocycles. The predicted molar refractivity (Wildman–Crippen MR) is 113 cm³/mol. The molecular formula is C23H35NO. The maximum atomic E-state index is 9.26. The number of hydrogen-bond donors (Lipinski definition) is 1. The van der Waals surface area contributed by atoms with Gasteiger partial charge in [0.25, 0.3) is 0 Å². The van der Waals surface area contributed by atoms with E-state index in [0.717, 1.165) is 25.9 Å². The van der Waals surface area contributed by atoms with Crippen LogP contribution in [0.15, 0.2) is 54.7 Å². The van der Waals surface area contributed by atoms with Crippen molar-refractivity contribution in [3.8, 4) is 18.6 Å². The number of likely N-dealkylation sites (N-methyl/N-ethyl adjacent to an activating group) is 1. The van der Waals surface area contributed by atoms with Crippen molar-refractivity contribution in [2.24, 2.45) is 0 Å². The van der Waals surface area contributed by atoms with Crippen molar-refractivity contribution in [1.29, 1.82) is 0 Å². The smallest absolute Gasteiger partial charge is 0.115 e. The average molecular weight is 342 g/mol. The Hall–Kier alpha value is -2.24. The second kappa shape index (κ2) is 16.6. The molecule has 1 aliphatic rings. The number of hydrogen-bond acceptors (Lipinski definition) is 2. The van der Waals surface area contributed by atoms with Crippen LogP contribution in [-0.4, -0.2) is 23.6 Å². The van der Waals surface area contributed by atoms with E-state index in [9.17, 15) is 5.11 Å². The first-order valence-corrected chi connectivity index (χ1v) is 8.67. The summed E-state index contributed by atoms with van der Waals surface area (Å²) in [6.45, 7) is 13.8. The van der Waals surface area contributed by atoms with Crippen molar-refractivity contribution in [2.75, 3.05) is 13.6 Å². The molecule has 1 aromatic carbocycles. The van der Waals surface area contributed by atoms with Gasteiger partial charge in [-0.3, -0.25) is 0 Å². The van der Waals surface area contributed by atoms with Gasteiger partial charge in [-0.05, 0) is 63.9 Å². The van der Waals surface area contributed by atoms with Gasteiger partial charge in [0, 0.05) is 13.1 Å². The molecule has 0 radical (unpaired) electrons. The summed E-state index contributed by atoms with van der Waals surface area (Å²) in [5.74, 6) is 0.379. The lowest BCUT2D eigenvalue weighted by Gasteiger charge is -2.24. The van der Waals surface area contributed by atoms with Crippen LogP contribution in [-0.2, 0) is 13.0 Å². The van der Waals surface area contributed by atoms with Crippen LogP contribution in [0.3, 0.4) is 0 Å². The Bertz CT molecular complexity index is 552. The van der Waals surface area contributed by atoms with Crippen LogP contribution >= 0.6 is 0 Å². The Kier molecular flexibility index (Phi) is 16.6. The second-order valence-corrected chi connectivity index (χ2v) is 5.67. The minimum atomic E-state index is 0.379. The number of nitrogens with zero attached hydrogens (tertiary/aromatic N) is 1. The minimum absolute atomic E-state index is 0.379. The Morgan fingerprint density at radius 3 is 2.32 bits per heavy atom. The van der Waals surface area contributed by atoms with Gasteiger partial charge in [0.1, 0.15) is 5.75 Å². The van der Waals surface area contributed by atoms with Crippen LogP contribution in [0.5, 0.6) is 5.75 Å². The van der Waals surface area contributed by atoms with E-state index >= 15 is 0 Å². The number of fused-ring (bicyclic) bond motifs is 1. The molecule has 0 saturated heterocycles. The predicted octanol–water partition coefficient (Wildman–Crippen LogP) is 5.74. The van der Waals surface area contributed by atoms with E-state index in [-0.39, 0.29) is 0 Å². The van der Waals surface area contributed by atoms with Gasteiger partial charge in [0.05, 0.1) is 0 Å². The van der Waals surface area contributed by atoms with Gasteiger partial charge in [-0.25, -0.2) is 0 Å². The molecule has 0 atom stereocenters. The fraction of sp³-hybridized carbons (Fsp3) is 0.391. The lowest BCUT2D eigenvalue weighted by atomic mass is 10.00. The topological polar surface area (TPSA) is 23.5 Å². The second-order valence-electron chi connectivity index (χ2n) is 5.67. The quantitative estimate of drug-likeness (QED) is 0.421. The van der Waals surface area contributed by atoms with E-state index in [1.165, 1.54) is 16.7 Å². The maximum Gasteiger partial charge on any atom is 0.115 e. The van der Waals surface area contributed by atoms with Crippen LogP contribution in [0.25, 0.3) is 0 Å². The van der Waals surface area contributed by atoms with Crippen LogP contribution in [0, 0.1) is 12.8 Å². The van der Waals surface area contributed by atoms with Gasteiger partial charge in [0.2, 0.25) is 0 Å². The molecule has 1 aliphatic heterocycles. The van der Waals surface area contributed by atoms with Crippen molar-refractivity contribution in [1.82, 2.24) is 4.90 Å². The highest BCUT2D eigenvalue weighted by Gasteiger charge is 2.12. The Labute approximate surface area is 155 Å². The molecule has 138 valence electrons. The van der Waals surface area contributed by atoms with Gasteiger partial charge in [0.15, 0.2) is 0 Å². The van der Waals surface area contributed by atoms with Crippen molar-refractivity contribution in [3.63, 3.8) is 0 Å². The summed E-state index contributed by atoms with van der Waals surface area (Å²) < 4.78 is 0. The summed E-state index contributed by atoms with van der Waals surface area (Å²) in [5.41, 5.74) is 3.97. The molecule has 0 spiro atoms. The average Bonchev–Trinajstić information content (AvgIpc) is 2.64. The van der Waals surface area contributed by atoms with Crippen molar-refractivity contribution < 1.29 is 5.11 Å². The van der Waals surface area contributed by atoms with Gasteiger partial charge in [-0.2, -0.15) is 0 Å². The molecule has 1 aromatic rings. The Balaban J connectivity index is 0. The fourth-order valence-electron chi connectivity index (χ4n) is 2.04. The van der Waals surface area contributed by atoms with Crippen LogP contribution in [0.1, 0.15) is 45.2 Å². The van der Waals surface area contributed by atoms with Gasteiger partial charge in [-0.1, -0.05) is 42.9 Å². The van der Waals surface area contributed by atoms with Crippen LogP contribution in [0.2, 0.25) is 0 Å². The molecule has 0 amide bonds. The molecule has 1 N–H and O–H groups in total. The van der Waals surface area contributed by atoms with Crippen LogP contribution < -0.4 is 0 Å². The number of terminal acetylenes is 1. The van der Waals surface area contributed by atoms with E-state index in [1.54, 1.807) is 6.07 Å². The van der Waals surface area contributed by atoms with E-state index in [1.807, 2.05) is 38.1 Å². The molecule has 2 rings (SSSR count). The summed E-state index contributed by atoms with van der Waals surface area (Å²) in [6.07, 6.45) is 18.3. The number of phenols is 1. The zero-order valence-corrected chi connectivity index (χ0v) is 16.6. The highest BCUT2D eigenvalue weighted by Crippen LogP contribution is 2.21. The molecule has 0 aromatic heterocycles. The monoisotopic (exact) mass is 341 g/mol. The van der Waals surface area contributed by atoms with Crippen LogP contribution in [0.4, 0.5) is 0 Å². The maximum absolute atomic E-state index is 9.26. The SMILES string of the molecule is C#C.C/C=C\C(C)=C/C.C=CCC.CN1CCc2ccc(O)cc2C1. The molecule has 2 nitrogen and oxygen atoms in total. The lowest BCUT2D eigenvalue weighted by molar-refractivity contribution is 0.312. The largest absolute Gasteiger partial charge is 0.508 e. The van der Waals surface area contributed by atoms with Crippen molar-refractivity contribution >= 4 is 0 Å². The number of allylic oxidation sites excluding steroid dienone is 5. The third kappa shape index (κ3) is 12.8. The normalized spacial score (nSPS) is 13.2. The first-order chi connectivity index (χ1) is 12.0. The number of benzene rings is 1. The first-order valence-electron chi connectivity index (χ1n) is 8.67. The first kappa shape index (κ1) is 25.0. The number of aromatic hydroxyl groups is 1. The van der Waals surface area contributed by atoms with Crippen molar-refractivity contribution in [3.05, 3.63) is 65.8 Å². The van der Waals surface area contributed by atoms with Crippen molar-refractivity contribution in [2.45, 2.75) is 47.1 Å². The molecule has 1 heterocycles. The van der Waals surface area contributed by atoms with Gasteiger partial charge >= 0.3 is 0 Å². The summed E-state index contributed by atoms with van der Waals surface area (Å²) in [4.78, 5) is 2.27. The molecule has 2 heteroatoms. The molecule has 0 bridgehead atoms. The van der Waals surface area contributed by atoms with Gasteiger partial charge < -0.3 is 10.0 Å². The van der Waals surface area contributed by atoms with E-state index < -0.39 is 0 Å². The molecule has 0 fully saturated rings. The summed E-state index contributed by atoms with van der Waals surface area (Å²) in [7, 11) is 2.10. The van der Waals surface area contributed by atoms with E-state index in [0.29, 0.717) is 5.75 Å². The lowest BCUT2D eigenvalue weighted by Crippen LogP contribution is -2.26. The van der Waals surface area contributed by atoms with E-state index in [4.69, 9.17) is 0 Å². The highest BCUT2D eigenvalue weighted by molar-refractivity contribution is 5.36. The number of phenolic OH excluding ortho intramolecular Hbond substituents is 1. The Morgan fingerprint density at radius 1 is 1.28 bits per heavy atom. The zero-order chi connectivity index (χ0) is 19.7. The third-order valence-electron chi connectivity index (χ3n) is 3.57. The fourth-order valence-corrected chi connectivity index (χ4v) is 2.04. The Morgan fingerprint density at radius 2 is 1.88 bits per heavy atom. The molecule has 25 heavy (non-hydrogen) atoms. The van der Waals surface area contributed by atoms with Gasteiger partial charge in [-0.15, -0.1) is 19.4 Å².